The van der Waals surface area contributed by atoms with Gasteiger partial charge in [-0.15, -0.1) is 0 Å². The number of hydrogen-bond acceptors (Lipinski definition) is 3. The minimum atomic E-state index is -0.210. The molecule has 1 aromatic carbocycles. The summed E-state index contributed by atoms with van der Waals surface area (Å²) < 4.78 is 20.8. The van der Waals surface area contributed by atoms with Crippen LogP contribution in [0.1, 0.15) is 11.3 Å². The quantitative estimate of drug-likeness (QED) is 0.911. The maximum atomic E-state index is 13.1. The van der Waals surface area contributed by atoms with Gasteiger partial charge >= 0.3 is 0 Å². The summed E-state index contributed by atoms with van der Waals surface area (Å²) in [5, 5.41) is 7.51. The van der Waals surface area contributed by atoms with Crippen molar-refractivity contribution in [3.05, 3.63) is 47.5 Å². The lowest BCUT2D eigenvalue weighted by molar-refractivity contribution is 0.203. The van der Waals surface area contributed by atoms with Crippen LogP contribution in [0.15, 0.2) is 30.5 Å². The van der Waals surface area contributed by atoms with Crippen LogP contribution in [0.25, 0.3) is 0 Å². The van der Waals surface area contributed by atoms with Crippen LogP contribution in [0.3, 0.4) is 0 Å². The van der Waals surface area contributed by atoms with Crippen LogP contribution in [0.5, 0.6) is 5.75 Å². The second kappa shape index (κ2) is 5.01. The van der Waals surface area contributed by atoms with Gasteiger partial charge in [0, 0.05) is 24.7 Å². The highest BCUT2D eigenvalue weighted by Gasteiger charge is 2.23. The van der Waals surface area contributed by atoms with E-state index in [0.717, 1.165) is 30.0 Å². The van der Waals surface area contributed by atoms with E-state index in [1.807, 2.05) is 24.0 Å². The van der Waals surface area contributed by atoms with Gasteiger partial charge in [0.05, 0.1) is 12.2 Å². The van der Waals surface area contributed by atoms with Crippen LogP contribution < -0.4 is 10.1 Å². The molecule has 3 rings (SSSR count). The molecule has 0 amide bonds. The highest BCUT2D eigenvalue weighted by atomic mass is 19.1. The summed E-state index contributed by atoms with van der Waals surface area (Å²) in [5.41, 5.74) is 1.94. The topological polar surface area (TPSA) is 39.1 Å². The van der Waals surface area contributed by atoms with E-state index in [-0.39, 0.29) is 11.9 Å². The minimum absolute atomic E-state index is 0.0270. The molecule has 2 aromatic rings. The number of fused-ring (bicyclic) bond motifs is 1. The SMILES string of the molecule is CNCc1ccn(CC2Cc3cc(F)ccc3O2)n1. The van der Waals surface area contributed by atoms with Crippen molar-refractivity contribution in [2.75, 3.05) is 7.05 Å². The molecule has 0 bridgehead atoms. The molecule has 4 nitrogen and oxygen atoms in total. The van der Waals surface area contributed by atoms with Gasteiger partial charge in [0.15, 0.2) is 0 Å². The van der Waals surface area contributed by atoms with Crippen molar-refractivity contribution in [2.45, 2.75) is 25.6 Å². The van der Waals surface area contributed by atoms with Gasteiger partial charge in [0.25, 0.3) is 0 Å². The normalized spacial score (nSPS) is 17.3. The highest BCUT2D eigenvalue weighted by Crippen LogP contribution is 2.29. The van der Waals surface area contributed by atoms with Gasteiger partial charge in [-0.05, 0) is 31.3 Å². The molecule has 1 N–H and O–H groups in total. The predicted octanol–water partition coefficient (Wildman–Crippen LogP) is 1.75. The van der Waals surface area contributed by atoms with Crippen LogP contribution in [-0.4, -0.2) is 22.9 Å². The number of aromatic nitrogens is 2. The summed E-state index contributed by atoms with van der Waals surface area (Å²) in [6, 6.07) is 6.66. The zero-order chi connectivity index (χ0) is 13.2. The maximum absolute atomic E-state index is 13.1. The van der Waals surface area contributed by atoms with Crippen molar-refractivity contribution in [1.82, 2.24) is 15.1 Å². The molecule has 0 saturated carbocycles. The smallest absolute Gasteiger partial charge is 0.123 e. The monoisotopic (exact) mass is 261 g/mol. The first-order chi connectivity index (χ1) is 9.24. The van der Waals surface area contributed by atoms with Crippen molar-refractivity contribution >= 4 is 0 Å². The summed E-state index contributed by atoms with van der Waals surface area (Å²) in [5.74, 6) is 0.576. The summed E-state index contributed by atoms with van der Waals surface area (Å²) in [6.45, 7) is 1.43. The summed E-state index contributed by atoms with van der Waals surface area (Å²) in [4.78, 5) is 0. The second-order valence-corrected chi connectivity index (χ2v) is 4.76. The Hall–Kier alpha value is -1.88. The van der Waals surface area contributed by atoms with Crippen LogP contribution in [0.4, 0.5) is 4.39 Å². The van der Waals surface area contributed by atoms with E-state index in [9.17, 15) is 4.39 Å². The third-order valence-corrected chi connectivity index (χ3v) is 3.21. The van der Waals surface area contributed by atoms with Gasteiger partial charge in [0.1, 0.15) is 17.7 Å². The van der Waals surface area contributed by atoms with Crippen molar-refractivity contribution in [3.63, 3.8) is 0 Å². The maximum Gasteiger partial charge on any atom is 0.123 e. The second-order valence-electron chi connectivity index (χ2n) is 4.76. The number of nitrogens with one attached hydrogen (secondary N) is 1. The molecule has 1 aliphatic rings. The van der Waals surface area contributed by atoms with Gasteiger partial charge < -0.3 is 10.1 Å². The molecule has 1 unspecified atom stereocenters. The molecular weight excluding hydrogens is 245 g/mol. The lowest BCUT2D eigenvalue weighted by atomic mass is 10.1. The zero-order valence-electron chi connectivity index (χ0n) is 10.8. The third-order valence-electron chi connectivity index (χ3n) is 3.21. The van der Waals surface area contributed by atoms with E-state index in [2.05, 4.69) is 10.4 Å². The molecule has 0 radical (unpaired) electrons. The first-order valence-corrected chi connectivity index (χ1v) is 6.36. The van der Waals surface area contributed by atoms with E-state index in [1.165, 1.54) is 6.07 Å². The molecule has 0 spiro atoms. The number of benzene rings is 1. The predicted molar refractivity (Wildman–Crippen MR) is 69.5 cm³/mol. The molecule has 0 aliphatic carbocycles. The lowest BCUT2D eigenvalue weighted by Crippen LogP contribution is -2.21. The average Bonchev–Trinajstić information content (AvgIpc) is 2.96. The molecule has 2 heterocycles. The Morgan fingerprint density at radius 3 is 3.21 bits per heavy atom. The van der Waals surface area contributed by atoms with Gasteiger partial charge in [0.2, 0.25) is 0 Å². The lowest BCUT2D eigenvalue weighted by Gasteiger charge is -2.10. The first kappa shape index (κ1) is 12.2. The molecule has 0 fully saturated rings. The molecular formula is C14H16FN3O. The van der Waals surface area contributed by atoms with Gasteiger partial charge in [-0.1, -0.05) is 0 Å². The first-order valence-electron chi connectivity index (χ1n) is 6.36. The van der Waals surface area contributed by atoms with Crippen LogP contribution in [0, 0.1) is 5.82 Å². The minimum Gasteiger partial charge on any atom is -0.488 e. The average molecular weight is 261 g/mol. The van der Waals surface area contributed by atoms with E-state index in [1.54, 1.807) is 12.1 Å². The van der Waals surface area contributed by atoms with Crippen molar-refractivity contribution in [2.24, 2.45) is 0 Å². The Morgan fingerprint density at radius 2 is 2.37 bits per heavy atom. The fourth-order valence-electron chi connectivity index (χ4n) is 2.38. The van der Waals surface area contributed by atoms with Crippen molar-refractivity contribution in [3.8, 4) is 5.75 Å². The van der Waals surface area contributed by atoms with E-state index < -0.39 is 0 Å². The number of rotatable bonds is 4. The number of nitrogens with zero attached hydrogens (tertiary/aromatic N) is 2. The standard InChI is InChI=1S/C14H16FN3O/c1-16-8-12-4-5-18(17-12)9-13-7-10-6-11(15)2-3-14(10)19-13/h2-6,13,16H,7-9H2,1H3. The van der Waals surface area contributed by atoms with Crippen molar-refractivity contribution in [1.29, 1.82) is 0 Å². The molecule has 0 saturated heterocycles. The summed E-state index contributed by atoms with van der Waals surface area (Å²) in [6.07, 6.45) is 2.70. The Balaban J connectivity index is 1.66. The summed E-state index contributed by atoms with van der Waals surface area (Å²) in [7, 11) is 1.89. The van der Waals surface area contributed by atoms with Crippen LogP contribution >= 0.6 is 0 Å². The Morgan fingerprint density at radius 1 is 1.47 bits per heavy atom. The fourth-order valence-corrected chi connectivity index (χ4v) is 2.38. The molecule has 5 heteroatoms. The molecule has 1 atom stereocenters. The molecule has 19 heavy (non-hydrogen) atoms. The van der Waals surface area contributed by atoms with E-state index in [0.29, 0.717) is 6.54 Å². The zero-order valence-corrected chi connectivity index (χ0v) is 10.8. The van der Waals surface area contributed by atoms with Gasteiger partial charge in [-0.3, -0.25) is 4.68 Å². The Labute approximate surface area is 111 Å². The van der Waals surface area contributed by atoms with E-state index >= 15 is 0 Å². The number of ether oxygens (including phenoxy) is 1. The van der Waals surface area contributed by atoms with Crippen LogP contribution in [-0.2, 0) is 19.5 Å². The Kier molecular flexibility index (Phi) is 3.21. The van der Waals surface area contributed by atoms with Gasteiger partial charge in [-0.25, -0.2) is 4.39 Å². The summed E-state index contributed by atoms with van der Waals surface area (Å²) >= 11 is 0. The highest BCUT2D eigenvalue weighted by molar-refractivity contribution is 5.37. The fraction of sp³-hybridized carbons (Fsp3) is 0.357. The Bertz CT molecular complexity index is 582. The molecule has 100 valence electrons. The third kappa shape index (κ3) is 2.61. The number of halogens is 1. The molecule has 1 aliphatic heterocycles. The number of hydrogen-bond donors (Lipinski definition) is 1. The largest absolute Gasteiger partial charge is 0.488 e. The van der Waals surface area contributed by atoms with E-state index in [4.69, 9.17) is 4.74 Å². The van der Waals surface area contributed by atoms with Crippen molar-refractivity contribution < 1.29 is 9.13 Å². The molecule has 1 aromatic heterocycles. The van der Waals surface area contributed by atoms with Gasteiger partial charge in [-0.2, -0.15) is 5.10 Å². The van der Waals surface area contributed by atoms with Crippen LogP contribution in [0.2, 0.25) is 0 Å².